The van der Waals surface area contributed by atoms with Crippen LogP contribution in [0.2, 0.25) is 5.02 Å². The van der Waals surface area contributed by atoms with Crippen LogP contribution in [0.5, 0.6) is 5.88 Å². The number of aryl methyl sites for hydroxylation is 2. The highest BCUT2D eigenvalue weighted by Gasteiger charge is 2.41. The van der Waals surface area contributed by atoms with Crippen molar-refractivity contribution in [2.45, 2.75) is 52.2 Å². The number of carbonyl (C=O) groups excluding carboxylic acids is 1. The summed E-state index contributed by atoms with van der Waals surface area (Å²) >= 11 is 8.30. The van der Waals surface area contributed by atoms with Crippen molar-refractivity contribution in [3.05, 3.63) is 50.7 Å². The number of fused-ring (bicyclic) bond motifs is 1. The fourth-order valence-corrected chi connectivity index (χ4v) is 4.99. The SMILES string of the molecule is Cc1nc(C)c(Cn2c(-c3ccc(CC(N)=O)cc3Cl)nc3c(OC4(C)CC4)ncnc32)s1. The Morgan fingerprint density at radius 1 is 1.27 bits per heavy atom. The molecule has 5 rings (SSSR count). The molecule has 0 aliphatic heterocycles. The second kappa shape index (κ2) is 8.07. The van der Waals surface area contributed by atoms with Crippen LogP contribution in [0.15, 0.2) is 24.5 Å². The first-order valence-corrected chi connectivity index (χ1v) is 11.8. The molecule has 1 aromatic carbocycles. The molecule has 2 N–H and O–H groups in total. The van der Waals surface area contributed by atoms with Gasteiger partial charge >= 0.3 is 0 Å². The third kappa shape index (κ3) is 4.30. The number of benzene rings is 1. The number of halogens is 1. The molecule has 0 unspecified atom stereocenters. The molecular weight excluding hydrogens is 460 g/mol. The van der Waals surface area contributed by atoms with Gasteiger partial charge in [-0.3, -0.25) is 4.79 Å². The second-order valence-corrected chi connectivity index (χ2v) is 10.3. The number of carbonyl (C=O) groups is 1. The minimum absolute atomic E-state index is 0.123. The van der Waals surface area contributed by atoms with Crippen LogP contribution in [0.4, 0.5) is 0 Å². The molecule has 1 fully saturated rings. The minimum Gasteiger partial charge on any atom is -0.470 e. The third-order valence-electron chi connectivity index (χ3n) is 5.75. The van der Waals surface area contributed by atoms with Crippen LogP contribution < -0.4 is 10.5 Å². The summed E-state index contributed by atoms with van der Waals surface area (Å²) in [6.07, 6.45) is 3.60. The van der Waals surface area contributed by atoms with Crippen molar-refractivity contribution in [1.82, 2.24) is 24.5 Å². The number of amides is 1. The van der Waals surface area contributed by atoms with Gasteiger partial charge in [-0.05, 0) is 51.3 Å². The molecule has 0 bridgehead atoms. The van der Waals surface area contributed by atoms with E-state index in [2.05, 4.69) is 21.9 Å². The van der Waals surface area contributed by atoms with Gasteiger partial charge in [-0.2, -0.15) is 4.98 Å². The standard InChI is InChI=1S/C23H23ClN6O2S/c1-12-17(33-13(2)28-12)10-30-20(15-5-4-14(8-16(15)24)9-18(25)31)29-19-21(30)26-11-27-22(19)32-23(3)6-7-23/h4-5,8,11H,6-7,9-10H2,1-3H3,(H2,25,31). The van der Waals surface area contributed by atoms with Crippen LogP contribution in [0.1, 0.15) is 40.9 Å². The van der Waals surface area contributed by atoms with E-state index in [0.717, 1.165) is 39.5 Å². The minimum atomic E-state index is -0.410. The summed E-state index contributed by atoms with van der Waals surface area (Å²) in [6.45, 7) is 6.60. The number of primary amides is 1. The molecule has 1 amide bonds. The van der Waals surface area contributed by atoms with Crippen molar-refractivity contribution in [3.63, 3.8) is 0 Å². The van der Waals surface area contributed by atoms with Gasteiger partial charge < -0.3 is 15.0 Å². The van der Waals surface area contributed by atoms with Gasteiger partial charge in [0.1, 0.15) is 17.8 Å². The summed E-state index contributed by atoms with van der Waals surface area (Å²) in [5.41, 5.74) is 8.85. The van der Waals surface area contributed by atoms with E-state index in [1.807, 2.05) is 30.5 Å². The summed E-state index contributed by atoms with van der Waals surface area (Å²) in [4.78, 5) is 30.8. The predicted octanol–water partition coefficient (Wildman–Crippen LogP) is 4.23. The number of aromatic nitrogens is 5. The first-order valence-electron chi connectivity index (χ1n) is 10.6. The van der Waals surface area contributed by atoms with E-state index in [9.17, 15) is 4.79 Å². The van der Waals surface area contributed by atoms with E-state index in [1.165, 1.54) is 6.33 Å². The molecule has 0 atom stereocenters. The maximum atomic E-state index is 11.3. The molecule has 4 aromatic rings. The normalized spacial score (nSPS) is 14.5. The molecule has 33 heavy (non-hydrogen) atoms. The van der Waals surface area contributed by atoms with Crippen molar-refractivity contribution in [3.8, 4) is 17.3 Å². The van der Waals surface area contributed by atoms with Crippen molar-refractivity contribution in [1.29, 1.82) is 0 Å². The Hall–Kier alpha value is -3.04. The molecule has 10 heteroatoms. The number of nitrogens with zero attached hydrogens (tertiary/aromatic N) is 5. The monoisotopic (exact) mass is 482 g/mol. The van der Waals surface area contributed by atoms with Crippen LogP contribution >= 0.6 is 22.9 Å². The zero-order chi connectivity index (χ0) is 23.3. The topological polar surface area (TPSA) is 109 Å². The van der Waals surface area contributed by atoms with Crippen molar-refractivity contribution in [2.24, 2.45) is 5.73 Å². The average Bonchev–Trinajstić information content (AvgIpc) is 3.21. The van der Waals surface area contributed by atoms with Crippen LogP contribution in [-0.2, 0) is 17.8 Å². The van der Waals surface area contributed by atoms with Gasteiger partial charge in [-0.25, -0.2) is 15.0 Å². The first kappa shape index (κ1) is 21.8. The van der Waals surface area contributed by atoms with Gasteiger partial charge in [0.05, 0.1) is 28.7 Å². The van der Waals surface area contributed by atoms with Gasteiger partial charge in [-0.1, -0.05) is 17.7 Å². The Bertz CT molecular complexity index is 1390. The Morgan fingerprint density at radius 3 is 2.70 bits per heavy atom. The Balaban J connectivity index is 1.67. The fourth-order valence-electron chi connectivity index (χ4n) is 3.77. The van der Waals surface area contributed by atoms with Crippen molar-refractivity contribution in [2.75, 3.05) is 0 Å². The number of hydrogen-bond donors (Lipinski definition) is 1. The first-order chi connectivity index (χ1) is 15.7. The van der Waals surface area contributed by atoms with E-state index in [-0.39, 0.29) is 12.0 Å². The number of rotatable bonds is 7. The molecule has 8 nitrogen and oxygen atoms in total. The third-order valence-corrected chi connectivity index (χ3v) is 7.12. The van der Waals surface area contributed by atoms with Gasteiger partial charge in [-0.15, -0.1) is 11.3 Å². The van der Waals surface area contributed by atoms with E-state index in [0.29, 0.717) is 34.4 Å². The van der Waals surface area contributed by atoms with Gasteiger partial charge in [0, 0.05) is 10.4 Å². The number of ether oxygens (including phenoxy) is 1. The lowest BCUT2D eigenvalue weighted by molar-refractivity contribution is -0.117. The summed E-state index contributed by atoms with van der Waals surface area (Å²) in [5.74, 6) is 0.712. The molecule has 1 aliphatic rings. The summed E-state index contributed by atoms with van der Waals surface area (Å²) in [6, 6.07) is 5.45. The zero-order valence-electron chi connectivity index (χ0n) is 18.6. The lowest BCUT2D eigenvalue weighted by Crippen LogP contribution is -2.13. The van der Waals surface area contributed by atoms with E-state index in [4.69, 9.17) is 27.1 Å². The molecule has 0 spiro atoms. The summed E-state index contributed by atoms with van der Waals surface area (Å²) in [5, 5.41) is 1.48. The maximum absolute atomic E-state index is 11.3. The van der Waals surface area contributed by atoms with Crippen LogP contribution in [-0.4, -0.2) is 36.0 Å². The highest BCUT2D eigenvalue weighted by molar-refractivity contribution is 7.11. The number of thiazole rings is 1. The van der Waals surface area contributed by atoms with Crippen LogP contribution in [0.3, 0.4) is 0 Å². The number of nitrogens with two attached hydrogens (primary N) is 1. The second-order valence-electron chi connectivity index (χ2n) is 8.62. The Labute approximate surface area is 199 Å². The fraction of sp³-hybridized carbons (Fsp3) is 0.348. The summed E-state index contributed by atoms with van der Waals surface area (Å²) < 4.78 is 8.20. The largest absolute Gasteiger partial charge is 0.470 e. The highest BCUT2D eigenvalue weighted by atomic mass is 35.5. The Morgan fingerprint density at radius 2 is 2.06 bits per heavy atom. The molecular formula is C23H23ClN6O2S. The zero-order valence-corrected chi connectivity index (χ0v) is 20.1. The molecule has 1 saturated carbocycles. The van der Waals surface area contributed by atoms with Crippen molar-refractivity contribution < 1.29 is 9.53 Å². The maximum Gasteiger partial charge on any atom is 0.245 e. The lowest BCUT2D eigenvalue weighted by atomic mass is 10.1. The molecule has 0 radical (unpaired) electrons. The predicted molar refractivity (Wildman–Crippen MR) is 128 cm³/mol. The van der Waals surface area contributed by atoms with E-state index in [1.54, 1.807) is 17.4 Å². The molecule has 3 aromatic heterocycles. The van der Waals surface area contributed by atoms with Gasteiger partial charge in [0.25, 0.3) is 0 Å². The number of hydrogen-bond acceptors (Lipinski definition) is 7. The van der Waals surface area contributed by atoms with Crippen molar-refractivity contribution >= 4 is 40.0 Å². The Kier molecular flexibility index (Phi) is 5.33. The van der Waals surface area contributed by atoms with Gasteiger partial charge in [0.15, 0.2) is 11.2 Å². The molecule has 0 saturated heterocycles. The highest BCUT2D eigenvalue weighted by Crippen LogP contribution is 2.41. The van der Waals surface area contributed by atoms with Crippen LogP contribution in [0, 0.1) is 13.8 Å². The quantitative estimate of drug-likeness (QED) is 0.422. The van der Waals surface area contributed by atoms with E-state index >= 15 is 0 Å². The smallest absolute Gasteiger partial charge is 0.245 e. The molecule has 170 valence electrons. The molecule has 3 heterocycles. The lowest BCUT2D eigenvalue weighted by Gasteiger charge is -2.11. The summed E-state index contributed by atoms with van der Waals surface area (Å²) in [7, 11) is 0. The van der Waals surface area contributed by atoms with Gasteiger partial charge in [0.2, 0.25) is 11.8 Å². The van der Waals surface area contributed by atoms with Crippen LogP contribution in [0.25, 0.3) is 22.6 Å². The average molecular weight is 483 g/mol. The number of imidazole rings is 1. The van der Waals surface area contributed by atoms with E-state index < -0.39 is 5.91 Å². The molecule has 1 aliphatic carbocycles.